The number of carbonyl (C=O) groups is 2. The molecular weight excluding hydrogens is 645 g/mol. The lowest BCUT2D eigenvalue weighted by molar-refractivity contribution is -0.161. The van der Waals surface area contributed by atoms with Gasteiger partial charge in [0.2, 0.25) is 0 Å². The van der Waals surface area contributed by atoms with Crippen LogP contribution in [0.2, 0.25) is 0 Å². The molecule has 0 rings (SSSR count). The molecule has 0 heterocycles. The van der Waals surface area contributed by atoms with Gasteiger partial charge in [-0.15, -0.1) is 0 Å². The summed E-state index contributed by atoms with van der Waals surface area (Å²) in [5.41, 5.74) is 0. The highest BCUT2D eigenvalue weighted by Crippen LogP contribution is 2.12. The quantitative estimate of drug-likeness (QED) is 0.0396. The van der Waals surface area contributed by atoms with Gasteiger partial charge < -0.3 is 14.6 Å². The number of aliphatic hydroxyl groups excluding tert-OH is 1. The molecular formula is C47H76O5. The molecule has 0 bridgehead atoms. The Morgan fingerprint density at radius 2 is 0.769 bits per heavy atom. The van der Waals surface area contributed by atoms with E-state index in [-0.39, 0.29) is 25.2 Å². The molecule has 1 atom stereocenters. The number of esters is 2. The molecule has 52 heavy (non-hydrogen) atoms. The van der Waals surface area contributed by atoms with Gasteiger partial charge in [-0.1, -0.05) is 162 Å². The van der Waals surface area contributed by atoms with Crippen LogP contribution in [0.1, 0.15) is 168 Å². The smallest absolute Gasteiger partial charge is 0.306 e. The lowest BCUT2D eigenvalue weighted by Gasteiger charge is -2.15. The third-order valence-electron chi connectivity index (χ3n) is 8.37. The average Bonchev–Trinajstić information content (AvgIpc) is 3.15. The number of carbonyl (C=O) groups excluding carboxylic acids is 2. The Morgan fingerprint density at radius 1 is 0.442 bits per heavy atom. The standard InChI is InChI=1S/C47H76O5/c1-3-5-7-9-11-13-15-17-19-21-22-23-24-26-28-30-32-34-36-38-40-42-47(50)52-45(43-48)44-51-46(49)41-39-37-35-33-31-29-27-25-20-18-16-14-12-10-8-6-4-2/h5-8,11-14,17-20,22-23,26,28,45,48H,3-4,9-10,15-16,21,24-25,27,29-44H2,1-2H3/b7-5-,8-6-,13-11-,14-12-,19-17-,20-18-,23-22-,28-26-. The van der Waals surface area contributed by atoms with Crippen molar-refractivity contribution < 1.29 is 24.2 Å². The van der Waals surface area contributed by atoms with E-state index in [0.29, 0.717) is 12.8 Å². The third-order valence-corrected chi connectivity index (χ3v) is 8.37. The van der Waals surface area contributed by atoms with Gasteiger partial charge >= 0.3 is 11.9 Å². The zero-order chi connectivity index (χ0) is 37.8. The van der Waals surface area contributed by atoms with Crippen molar-refractivity contribution in [3.8, 4) is 0 Å². The van der Waals surface area contributed by atoms with E-state index >= 15 is 0 Å². The first kappa shape index (κ1) is 48.8. The minimum absolute atomic E-state index is 0.0854. The van der Waals surface area contributed by atoms with Crippen molar-refractivity contribution in [1.82, 2.24) is 0 Å². The summed E-state index contributed by atoms with van der Waals surface area (Å²) >= 11 is 0. The van der Waals surface area contributed by atoms with Crippen LogP contribution in [-0.2, 0) is 19.1 Å². The second-order valence-electron chi connectivity index (χ2n) is 13.3. The van der Waals surface area contributed by atoms with Gasteiger partial charge in [-0.2, -0.15) is 0 Å². The molecule has 0 fully saturated rings. The van der Waals surface area contributed by atoms with Gasteiger partial charge in [-0.05, 0) is 89.9 Å². The van der Waals surface area contributed by atoms with Gasteiger partial charge in [0.15, 0.2) is 6.10 Å². The number of ether oxygens (including phenoxy) is 2. The largest absolute Gasteiger partial charge is 0.462 e. The van der Waals surface area contributed by atoms with Gasteiger partial charge in [0.25, 0.3) is 0 Å². The topological polar surface area (TPSA) is 72.8 Å². The van der Waals surface area contributed by atoms with Crippen molar-refractivity contribution in [3.05, 3.63) is 97.2 Å². The van der Waals surface area contributed by atoms with Crippen LogP contribution in [0.25, 0.3) is 0 Å². The predicted octanol–water partition coefficient (Wildman–Crippen LogP) is 13.3. The third kappa shape index (κ3) is 39.6. The molecule has 1 unspecified atom stereocenters. The Morgan fingerprint density at radius 3 is 1.15 bits per heavy atom. The highest BCUT2D eigenvalue weighted by atomic mass is 16.6. The molecule has 5 nitrogen and oxygen atoms in total. The van der Waals surface area contributed by atoms with Gasteiger partial charge in [-0.25, -0.2) is 0 Å². The maximum atomic E-state index is 12.2. The lowest BCUT2D eigenvalue weighted by Crippen LogP contribution is -2.28. The fourth-order valence-corrected chi connectivity index (χ4v) is 5.30. The highest BCUT2D eigenvalue weighted by Gasteiger charge is 2.16. The van der Waals surface area contributed by atoms with E-state index in [1.54, 1.807) is 0 Å². The maximum Gasteiger partial charge on any atom is 0.306 e. The van der Waals surface area contributed by atoms with E-state index < -0.39 is 6.10 Å². The Labute approximate surface area is 319 Å². The van der Waals surface area contributed by atoms with Crippen molar-refractivity contribution in [2.45, 2.75) is 174 Å². The summed E-state index contributed by atoms with van der Waals surface area (Å²) in [5.74, 6) is -0.633. The SMILES string of the molecule is CC/C=C\C/C=C\C/C=C\C/C=C\C/C=C\CCCCCCCC(=O)OC(CO)COC(=O)CCCCCCCCC/C=C\C/C=C\C/C=C\CC. The number of allylic oxidation sites excluding steroid dienone is 16. The molecule has 0 aromatic carbocycles. The van der Waals surface area contributed by atoms with Crippen LogP contribution >= 0.6 is 0 Å². The first-order chi connectivity index (χ1) is 25.6. The Balaban J connectivity index is 3.65. The molecule has 0 radical (unpaired) electrons. The molecule has 0 spiro atoms. The molecule has 0 aromatic heterocycles. The zero-order valence-electron chi connectivity index (χ0n) is 33.3. The molecule has 0 amide bonds. The van der Waals surface area contributed by atoms with E-state index in [4.69, 9.17) is 9.47 Å². The summed E-state index contributed by atoms with van der Waals surface area (Å²) in [6.45, 7) is 3.87. The van der Waals surface area contributed by atoms with Crippen molar-refractivity contribution in [2.24, 2.45) is 0 Å². The fraction of sp³-hybridized carbons (Fsp3) is 0.617. The summed E-state index contributed by atoms with van der Waals surface area (Å²) in [6.07, 6.45) is 58.9. The molecule has 0 saturated heterocycles. The maximum absolute atomic E-state index is 12.2. The lowest BCUT2D eigenvalue weighted by atomic mass is 10.1. The van der Waals surface area contributed by atoms with Gasteiger partial charge in [0, 0.05) is 12.8 Å². The van der Waals surface area contributed by atoms with Crippen molar-refractivity contribution in [3.63, 3.8) is 0 Å². The highest BCUT2D eigenvalue weighted by molar-refractivity contribution is 5.70. The van der Waals surface area contributed by atoms with Gasteiger partial charge in [-0.3, -0.25) is 9.59 Å². The van der Waals surface area contributed by atoms with Crippen LogP contribution in [0.5, 0.6) is 0 Å². The number of hydrogen-bond donors (Lipinski definition) is 1. The average molecular weight is 721 g/mol. The molecule has 0 aliphatic rings. The van der Waals surface area contributed by atoms with Crippen molar-refractivity contribution >= 4 is 11.9 Å². The summed E-state index contributed by atoms with van der Waals surface area (Å²) in [5, 5.41) is 9.57. The van der Waals surface area contributed by atoms with Crippen LogP contribution in [0.4, 0.5) is 0 Å². The van der Waals surface area contributed by atoms with Crippen LogP contribution in [0.15, 0.2) is 97.2 Å². The van der Waals surface area contributed by atoms with Crippen molar-refractivity contribution in [1.29, 1.82) is 0 Å². The molecule has 1 N–H and O–H groups in total. The molecule has 5 heteroatoms. The van der Waals surface area contributed by atoms with Crippen molar-refractivity contribution in [2.75, 3.05) is 13.2 Å². The monoisotopic (exact) mass is 721 g/mol. The minimum atomic E-state index is -0.792. The number of unbranched alkanes of at least 4 members (excludes halogenated alkanes) is 12. The molecule has 0 saturated carbocycles. The second kappa shape index (κ2) is 42.2. The number of hydrogen-bond acceptors (Lipinski definition) is 5. The number of aliphatic hydroxyl groups is 1. The van der Waals surface area contributed by atoms with E-state index in [1.807, 2.05) is 0 Å². The van der Waals surface area contributed by atoms with Crippen LogP contribution in [0, 0.1) is 0 Å². The minimum Gasteiger partial charge on any atom is -0.462 e. The van der Waals surface area contributed by atoms with E-state index in [1.165, 1.54) is 25.7 Å². The first-order valence-electron chi connectivity index (χ1n) is 20.8. The Hall–Kier alpha value is -3.18. The summed E-state index contributed by atoms with van der Waals surface area (Å²) in [6, 6.07) is 0. The van der Waals surface area contributed by atoms with E-state index in [2.05, 4.69) is 111 Å². The molecule has 0 aromatic rings. The Bertz CT molecular complexity index is 1040. The number of rotatable bonds is 36. The van der Waals surface area contributed by atoms with E-state index in [9.17, 15) is 14.7 Å². The summed E-state index contributed by atoms with van der Waals surface area (Å²) in [4.78, 5) is 24.3. The molecule has 0 aliphatic heterocycles. The molecule has 294 valence electrons. The first-order valence-corrected chi connectivity index (χ1v) is 20.8. The Kier molecular flexibility index (Phi) is 39.7. The second-order valence-corrected chi connectivity index (χ2v) is 13.3. The van der Waals surface area contributed by atoms with Crippen LogP contribution in [-0.4, -0.2) is 36.4 Å². The summed E-state index contributed by atoms with van der Waals surface area (Å²) < 4.78 is 10.6. The predicted molar refractivity (Wildman–Crippen MR) is 223 cm³/mol. The van der Waals surface area contributed by atoms with E-state index in [0.717, 1.165) is 116 Å². The normalized spacial score (nSPS) is 13.2. The molecule has 0 aliphatic carbocycles. The van der Waals surface area contributed by atoms with Crippen LogP contribution in [0.3, 0.4) is 0 Å². The zero-order valence-corrected chi connectivity index (χ0v) is 33.3. The van der Waals surface area contributed by atoms with Crippen LogP contribution < -0.4 is 0 Å². The van der Waals surface area contributed by atoms with Gasteiger partial charge in [0.05, 0.1) is 6.61 Å². The summed E-state index contributed by atoms with van der Waals surface area (Å²) in [7, 11) is 0. The fourth-order valence-electron chi connectivity index (χ4n) is 5.30. The van der Waals surface area contributed by atoms with Gasteiger partial charge in [0.1, 0.15) is 6.61 Å².